The Hall–Kier alpha value is -3.21. The third kappa shape index (κ3) is 3.21. The quantitative estimate of drug-likeness (QED) is 0.568. The van der Waals surface area contributed by atoms with Gasteiger partial charge in [-0.15, -0.1) is 0 Å². The number of benzene rings is 1. The molecular weight excluding hydrogens is 312 g/mol. The predicted octanol–water partition coefficient (Wildman–Crippen LogP) is 3.99. The Morgan fingerprint density at radius 1 is 0.960 bits per heavy atom. The maximum atomic E-state index is 5.84. The summed E-state index contributed by atoms with van der Waals surface area (Å²) >= 11 is 0. The molecule has 0 unspecified atom stereocenters. The van der Waals surface area contributed by atoms with E-state index in [9.17, 15) is 0 Å². The Kier molecular flexibility index (Phi) is 3.90. The number of ether oxygens (including phenoxy) is 1. The number of fused-ring (bicyclic) bond motifs is 1. The highest BCUT2D eigenvalue weighted by Gasteiger charge is 2.07. The fourth-order valence-electron chi connectivity index (χ4n) is 2.70. The van der Waals surface area contributed by atoms with Crippen LogP contribution in [0.1, 0.15) is 17.1 Å². The lowest BCUT2D eigenvalue weighted by Gasteiger charge is -2.08. The third-order valence-electron chi connectivity index (χ3n) is 3.99. The Labute approximate surface area is 145 Å². The number of aromatic nitrogens is 4. The number of nitrogens with zero attached hydrogens (tertiary/aromatic N) is 4. The largest absolute Gasteiger partial charge is 0.489 e. The Morgan fingerprint density at radius 3 is 2.56 bits per heavy atom. The van der Waals surface area contributed by atoms with E-state index in [2.05, 4.69) is 15.1 Å². The minimum absolute atomic E-state index is 0.504. The van der Waals surface area contributed by atoms with Crippen molar-refractivity contribution in [1.29, 1.82) is 0 Å². The van der Waals surface area contributed by atoms with Crippen LogP contribution in [0.15, 0.2) is 60.8 Å². The highest BCUT2D eigenvalue weighted by molar-refractivity contribution is 5.63. The molecular formula is C20H18N4O. The van der Waals surface area contributed by atoms with Gasteiger partial charge in [-0.25, -0.2) is 9.50 Å². The van der Waals surface area contributed by atoms with Gasteiger partial charge in [0.1, 0.15) is 18.2 Å². The summed E-state index contributed by atoms with van der Waals surface area (Å²) in [6.07, 6.45) is 1.84. The second-order valence-corrected chi connectivity index (χ2v) is 5.96. The van der Waals surface area contributed by atoms with Gasteiger partial charge in [0.25, 0.3) is 0 Å². The molecule has 25 heavy (non-hydrogen) atoms. The molecule has 0 saturated carbocycles. The lowest BCUT2D eigenvalue weighted by molar-refractivity contribution is 0.306. The molecule has 4 rings (SSSR count). The molecule has 0 N–H and O–H groups in total. The SMILES string of the molecule is Cc1ccc(COc2ccc(-c3cccc4nc(C)nn34)cc2)cn1. The van der Waals surface area contributed by atoms with Crippen molar-refractivity contribution in [3.8, 4) is 17.0 Å². The van der Waals surface area contributed by atoms with E-state index in [0.717, 1.165) is 39.7 Å². The van der Waals surface area contributed by atoms with E-state index in [4.69, 9.17) is 4.74 Å². The summed E-state index contributed by atoms with van der Waals surface area (Å²) < 4.78 is 7.70. The van der Waals surface area contributed by atoms with Crippen LogP contribution in [0.25, 0.3) is 16.9 Å². The van der Waals surface area contributed by atoms with Crippen molar-refractivity contribution in [2.45, 2.75) is 20.5 Å². The number of hydrogen-bond acceptors (Lipinski definition) is 4. The van der Waals surface area contributed by atoms with Gasteiger partial charge < -0.3 is 4.74 Å². The molecule has 4 aromatic rings. The first-order chi connectivity index (χ1) is 12.2. The van der Waals surface area contributed by atoms with Crippen LogP contribution in [-0.2, 0) is 6.61 Å². The standard InChI is InChI=1S/C20H18N4O/c1-14-6-7-16(12-21-14)13-25-18-10-8-17(9-11-18)19-4-3-5-20-22-15(2)23-24(19)20/h3-12H,13H2,1-2H3. The van der Waals surface area contributed by atoms with Gasteiger partial charge in [-0.2, -0.15) is 5.10 Å². The van der Waals surface area contributed by atoms with Crippen LogP contribution in [-0.4, -0.2) is 19.6 Å². The van der Waals surface area contributed by atoms with Gasteiger partial charge in [0.2, 0.25) is 0 Å². The molecule has 0 atom stereocenters. The van der Waals surface area contributed by atoms with E-state index >= 15 is 0 Å². The van der Waals surface area contributed by atoms with Crippen LogP contribution in [0.2, 0.25) is 0 Å². The van der Waals surface area contributed by atoms with Crippen LogP contribution in [0.3, 0.4) is 0 Å². The number of rotatable bonds is 4. The molecule has 0 saturated heterocycles. The maximum Gasteiger partial charge on any atom is 0.156 e. The molecule has 0 aliphatic carbocycles. The number of pyridine rings is 2. The van der Waals surface area contributed by atoms with E-state index in [1.165, 1.54) is 0 Å². The van der Waals surface area contributed by atoms with Gasteiger partial charge in [0.15, 0.2) is 5.65 Å². The van der Waals surface area contributed by atoms with Crippen LogP contribution in [0.5, 0.6) is 5.75 Å². The smallest absolute Gasteiger partial charge is 0.156 e. The summed E-state index contributed by atoms with van der Waals surface area (Å²) in [5, 5.41) is 4.46. The van der Waals surface area contributed by atoms with Crippen molar-refractivity contribution < 1.29 is 4.74 Å². The average Bonchev–Trinajstić information content (AvgIpc) is 3.02. The zero-order valence-electron chi connectivity index (χ0n) is 14.2. The van der Waals surface area contributed by atoms with Crippen molar-refractivity contribution in [3.05, 3.63) is 77.9 Å². The summed E-state index contributed by atoms with van der Waals surface area (Å²) in [6.45, 7) is 4.37. The molecule has 0 aliphatic heterocycles. The Balaban J connectivity index is 1.54. The highest BCUT2D eigenvalue weighted by Crippen LogP contribution is 2.23. The normalized spacial score (nSPS) is 11.0. The molecule has 1 aromatic carbocycles. The summed E-state index contributed by atoms with van der Waals surface area (Å²) in [4.78, 5) is 8.69. The molecule has 5 nitrogen and oxygen atoms in total. The molecule has 3 heterocycles. The molecule has 0 bridgehead atoms. The van der Waals surface area contributed by atoms with Gasteiger partial charge in [-0.1, -0.05) is 12.1 Å². The average molecular weight is 330 g/mol. The molecule has 5 heteroatoms. The summed E-state index contributed by atoms with van der Waals surface area (Å²) in [5.74, 6) is 1.59. The topological polar surface area (TPSA) is 52.3 Å². The van der Waals surface area contributed by atoms with E-state index in [1.807, 2.05) is 79.2 Å². The summed E-state index contributed by atoms with van der Waals surface area (Å²) in [5.41, 5.74) is 4.98. The first kappa shape index (κ1) is 15.3. The lowest BCUT2D eigenvalue weighted by Crippen LogP contribution is -1.97. The van der Waals surface area contributed by atoms with E-state index in [-0.39, 0.29) is 0 Å². The van der Waals surface area contributed by atoms with Crippen molar-refractivity contribution in [3.63, 3.8) is 0 Å². The third-order valence-corrected chi connectivity index (χ3v) is 3.99. The van der Waals surface area contributed by atoms with E-state index < -0.39 is 0 Å². The van der Waals surface area contributed by atoms with Gasteiger partial charge in [-0.3, -0.25) is 4.98 Å². The van der Waals surface area contributed by atoms with Gasteiger partial charge in [0, 0.05) is 23.0 Å². The van der Waals surface area contributed by atoms with Crippen LogP contribution in [0, 0.1) is 13.8 Å². The highest BCUT2D eigenvalue weighted by atomic mass is 16.5. The second-order valence-electron chi connectivity index (χ2n) is 5.96. The summed E-state index contributed by atoms with van der Waals surface area (Å²) in [6, 6.07) is 18.0. The molecule has 0 spiro atoms. The zero-order valence-corrected chi connectivity index (χ0v) is 14.2. The van der Waals surface area contributed by atoms with Crippen molar-refractivity contribution >= 4 is 5.65 Å². The van der Waals surface area contributed by atoms with Crippen molar-refractivity contribution in [2.24, 2.45) is 0 Å². The van der Waals surface area contributed by atoms with E-state index in [0.29, 0.717) is 6.61 Å². The monoisotopic (exact) mass is 330 g/mol. The van der Waals surface area contributed by atoms with Crippen molar-refractivity contribution in [2.75, 3.05) is 0 Å². The molecule has 3 aromatic heterocycles. The van der Waals surface area contributed by atoms with Gasteiger partial charge in [0.05, 0.1) is 5.69 Å². The first-order valence-corrected chi connectivity index (χ1v) is 8.16. The number of aryl methyl sites for hydroxylation is 2. The fraction of sp³-hybridized carbons (Fsp3) is 0.150. The second kappa shape index (κ2) is 6.36. The van der Waals surface area contributed by atoms with E-state index in [1.54, 1.807) is 0 Å². The van der Waals surface area contributed by atoms with Gasteiger partial charge in [-0.05, 0) is 56.3 Å². The molecule has 0 amide bonds. The minimum Gasteiger partial charge on any atom is -0.489 e. The first-order valence-electron chi connectivity index (χ1n) is 8.16. The molecule has 0 aliphatic rings. The maximum absolute atomic E-state index is 5.84. The van der Waals surface area contributed by atoms with Crippen molar-refractivity contribution in [1.82, 2.24) is 19.6 Å². The minimum atomic E-state index is 0.504. The number of hydrogen-bond donors (Lipinski definition) is 0. The zero-order chi connectivity index (χ0) is 17.2. The Morgan fingerprint density at radius 2 is 1.80 bits per heavy atom. The summed E-state index contributed by atoms with van der Waals surface area (Å²) in [7, 11) is 0. The predicted molar refractivity (Wildman–Crippen MR) is 96.5 cm³/mol. The lowest BCUT2D eigenvalue weighted by atomic mass is 10.1. The molecule has 0 fully saturated rings. The molecule has 124 valence electrons. The molecule has 0 radical (unpaired) electrons. The van der Waals surface area contributed by atoms with Crippen LogP contribution >= 0.6 is 0 Å². The Bertz CT molecular complexity index is 1000. The van der Waals surface area contributed by atoms with Crippen LogP contribution in [0.4, 0.5) is 0 Å². The fourth-order valence-corrected chi connectivity index (χ4v) is 2.70. The van der Waals surface area contributed by atoms with Crippen LogP contribution < -0.4 is 4.74 Å². The van der Waals surface area contributed by atoms with Gasteiger partial charge >= 0.3 is 0 Å².